The molecule has 3 aromatic rings. The Morgan fingerprint density at radius 2 is 1.62 bits per heavy atom. The highest BCUT2D eigenvalue weighted by Gasteiger charge is 2.08. The number of aromatic hydroxyl groups is 2. The van der Waals surface area contributed by atoms with Gasteiger partial charge in [0.15, 0.2) is 4.80 Å². The first-order valence-corrected chi connectivity index (χ1v) is 7.33. The first-order chi connectivity index (χ1) is 10.2. The summed E-state index contributed by atoms with van der Waals surface area (Å²) in [7, 11) is 0. The number of hydrogen-bond donors (Lipinski definition) is 2. The molecule has 4 nitrogen and oxygen atoms in total. The number of para-hydroxylation sites is 4. The van der Waals surface area contributed by atoms with Crippen LogP contribution in [0.15, 0.2) is 58.9 Å². The van der Waals surface area contributed by atoms with Gasteiger partial charge < -0.3 is 10.2 Å². The number of rotatable bonds is 2. The highest BCUT2D eigenvalue weighted by atomic mass is 32.1. The monoisotopic (exact) mass is 298 g/mol. The van der Waals surface area contributed by atoms with E-state index in [-0.39, 0.29) is 11.5 Å². The van der Waals surface area contributed by atoms with Crippen LogP contribution in [0.25, 0.3) is 5.69 Å². The van der Waals surface area contributed by atoms with Crippen molar-refractivity contribution in [2.45, 2.75) is 6.92 Å². The third kappa shape index (κ3) is 2.55. The van der Waals surface area contributed by atoms with Crippen LogP contribution in [0.5, 0.6) is 11.5 Å². The van der Waals surface area contributed by atoms with E-state index >= 15 is 0 Å². The summed E-state index contributed by atoms with van der Waals surface area (Å²) in [5.41, 5.74) is 2.14. The smallest absolute Gasteiger partial charge is 0.195 e. The molecule has 2 N–H and O–H groups in total. The summed E-state index contributed by atoms with van der Waals surface area (Å²) >= 11 is 1.46. The number of phenols is 2. The van der Waals surface area contributed by atoms with E-state index in [4.69, 9.17) is 0 Å². The highest BCUT2D eigenvalue weighted by molar-refractivity contribution is 7.07. The Kier molecular flexibility index (Phi) is 3.50. The molecule has 0 unspecified atom stereocenters. The molecule has 3 rings (SSSR count). The second-order valence-corrected chi connectivity index (χ2v) is 5.42. The average molecular weight is 298 g/mol. The molecule has 0 aliphatic carbocycles. The topological polar surface area (TPSA) is 57.8 Å². The second-order valence-electron chi connectivity index (χ2n) is 4.58. The number of aryl methyl sites for hydroxylation is 1. The van der Waals surface area contributed by atoms with Crippen molar-refractivity contribution in [1.82, 2.24) is 4.57 Å². The zero-order valence-electron chi connectivity index (χ0n) is 11.4. The van der Waals surface area contributed by atoms with E-state index in [1.807, 2.05) is 35.1 Å². The molecule has 0 amide bonds. The third-order valence-electron chi connectivity index (χ3n) is 3.10. The second kappa shape index (κ2) is 5.46. The standard InChI is InChI=1S/C16H14N2O2S/c1-11-10-21-16(17-12-6-2-4-8-14(12)19)18(11)13-7-3-5-9-15(13)20/h2-10,19-20H,1H3. The molecule has 2 aromatic carbocycles. The van der Waals surface area contributed by atoms with Crippen molar-refractivity contribution < 1.29 is 10.2 Å². The summed E-state index contributed by atoms with van der Waals surface area (Å²) in [6.07, 6.45) is 0. The van der Waals surface area contributed by atoms with Crippen LogP contribution in [0.4, 0.5) is 5.69 Å². The Bertz CT molecular complexity index is 849. The molecule has 106 valence electrons. The van der Waals surface area contributed by atoms with Gasteiger partial charge in [-0.05, 0) is 31.2 Å². The van der Waals surface area contributed by atoms with E-state index in [2.05, 4.69) is 4.99 Å². The lowest BCUT2D eigenvalue weighted by atomic mass is 10.3. The van der Waals surface area contributed by atoms with Crippen molar-refractivity contribution in [3.8, 4) is 17.2 Å². The quantitative estimate of drug-likeness (QED) is 0.761. The summed E-state index contributed by atoms with van der Waals surface area (Å²) in [5, 5.41) is 21.9. The molecule has 0 spiro atoms. The third-order valence-corrected chi connectivity index (χ3v) is 4.04. The molecule has 0 fully saturated rings. The Morgan fingerprint density at radius 3 is 2.33 bits per heavy atom. The maximum Gasteiger partial charge on any atom is 0.195 e. The van der Waals surface area contributed by atoms with E-state index in [1.165, 1.54) is 11.3 Å². The van der Waals surface area contributed by atoms with Gasteiger partial charge in [0.05, 0.1) is 5.69 Å². The average Bonchev–Trinajstić information content (AvgIpc) is 2.83. The molecule has 1 heterocycles. The van der Waals surface area contributed by atoms with Gasteiger partial charge in [0.1, 0.15) is 17.2 Å². The first kappa shape index (κ1) is 13.5. The molecule has 0 radical (unpaired) electrons. The number of nitrogens with zero attached hydrogens (tertiary/aromatic N) is 2. The van der Waals surface area contributed by atoms with Crippen LogP contribution in [0, 0.1) is 6.92 Å². The molecule has 0 aliphatic heterocycles. The summed E-state index contributed by atoms with van der Waals surface area (Å²) in [4.78, 5) is 5.19. The van der Waals surface area contributed by atoms with Crippen LogP contribution in [0.1, 0.15) is 5.69 Å². The molecular formula is C16H14N2O2S. The molecular weight excluding hydrogens is 284 g/mol. The van der Waals surface area contributed by atoms with Gasteiger partial charge in [0, 0.05) is 11.1 Å². The summed E-state index contributed by atoms with van der Waals surface area (Å²) in [6, 6.07) is 14.0. The van der Waals surface area contributed by atoms with Crippen LogP contribution in [-0.4, -0.2) is 14.8 Å². The largest absolute Gasteiger partial charge is 0.506 e. The number of hydrogen-bond acceptors (Lipinski definition) is 4. The molecule has 0 saturated heterocycles. The number of aromatic nitrogens is 1. The first-order valence-electron chi connectivity index (χ1n) is 6.45. The minimum atomic E-state index is 0.132. The lowest BCUT2D eigenvalue weighted by molar-refractivity contribution is 0.471. The Balaban J connectivity index is 2.23. The fraction of sp³-hybridized carbons (Fsp3) is 0.0625. The summed E-state index contributed by atoms with van der Waals surface area (Å²) < 4.78 is 1.87. The Hall–Kier alpha value is -2.53. The SMILES string of the molecule is Cc1csc(=Nc2ccccc2O)n1-c1ccccc1O. The van der Waals surface area contributed by atoms with Crippen LogP contribution in [-0.2, 0) is 0 Å². The van der Waals surface area contributed by atoms with Crippen LogP contribution >= 0.6 is 11.3 Å². The molecule has 0 aliphatic rings. The van der Waals surface area contributed by atoms with E-state index in [9.17, 15) is 10.2 Å². The number of phenolic OH excluding ortho intramolecular Hbond substituents is 2. The zero-order chi connectivity index (χ0) is 14.8. The van der Waals surface area contributed by atoms with Crippen molar-refractivity contribution in [2.24, 2.45) is 4.99 Å². The lowest BCUT2D eigenvalue weighted by Crippen LogP contribution is -2.13. The predicted molar refractivity (Wildman–Crippen MR) is 83.4 cm³/mol. The Morgan fingerprint density at radius 1 is 0.952 bits per heavy atom. The van der Waals surface area contributed by atoms with Crippen molar-refractivity contribution >= 4 is 17.0 Å². The fourth-order valence-corrected chi connectivity index (χ4v) is 2.96. The van der Waals surface area contributed by atoms with E-state index < -0.39 is 0 Å². The van der Waals surface area contributed by atoms with Gasteiger partial charge in [0.2, 0.25) is 0 Å². The van der Waals surface area contributed by atoms with Gasteiger partial charge in [-0.1, -0.05) is 24.3 Å². The number of benzene rings is 2. The van der Waals surface area contributed by atoms with Gasteiger partial charge >= 0.3 is 0 Å². The predicted octanol–water partition coefficient (Wildman–Crippen LogP) is 3.49. The van der Waals surface area contributed by atoms with Crippen LogP contribution in [0.3, 0.4) is 0 Å². The van der Waals surface area contributed by atoms with Gasteiger partial charge in [-0.15, -0.1) is 11.3 Å². The van der Waals surface area contributed by atoms with Crippen molar-refractivity contribution in [2.75, 3.05) is 0 Å². The van der Waals surface area contributed by atoms with Crippen molar-refractivity contribution in [3.63, 3.8) is 0 Å². The van der Waals surface area contributed by atoms with Gasteiger partial charge in [0.25, 0.3) is 0 Å². The van der Waals surface area contributed by atoms with Crippen LogP contribution in [0.2, 0.25) is 0 Å². The maximum atomic E-state index is 10.0. The minimum Gasteiger partial charge on any atom is -0.506 e. The van der Waals surface area contributed by atoms with Gasteiger partial charge in [-0.25, -0.2) is 4.99 Å². The minimum absolute atomic E-state index is 0.132. The summed E-state index contributed by atoms with van der Waals surface area (Å²) in [5.74, 6) is 0.324. The summed E-state index contributed by atoms with van der Waals surface area (Å²) in [6.45, 7) is 1.95. The van der Waals surface area contributed by atoms with Crippen molar-refractivity contribution in [1.29, 1.82) is 0 Å². The van der Waals surface area contributed by atoms with Gasteiger partial charge in [-0.3, -0.25) is 4.57 Å². The molecule has 0 saturated carbocycles. The molecule has 0 atom stereocenters. The molecule has 0 bridgehead atoms. The maximum absolute atomic E-state index is 10.0. The lowest BCUT2D eigenvalue weighted by Gasteiger charge is -2.08. The molecule has 21 heavy (non-hydrogen) atoms. The molecule has 1 aromatic heterocycles. The number of thiazole rings is 1. The highest BCUT2D eigenvalue weighted by Crippen LogP contribution is 2.26. The fourth-order valence-electron chi connectivity index (χ4n) is 2.08. The molecule has 5 heteroatoms. The van der Waals surface area contributed by atoms with Crippen molar-refractivity contribution in [3.05, 3.63) is 64.4 Å². The van der Waals surface area contributed by atoms with E-state index in [1.54, 1.807) is 30.3 Å². The van der Waals surface area contributed by atoms with E-state index in [0.717, 1.165) is 5.69 Å². The zero-order valence-corrected chi connectivity index (χ0v) is 12.2. The van der Waals surface area contributed by atoms with E-state index in [0.29, 0.717) is 16.2 Å². The Labute approximate surface area is 125 Å². The normalized spacial score (nSPS) is 11.8. The van der Waals surface area contributed by atoms with Gasteiger partial charge in [-0.2, -0.15) is 0 Å². The van der Waals surface area contributed by atoms with Crippen LogP contribution < -0.4 is 4.80 Å².